The molecule has 1 saturated heterocycles. The number of aliphatic hydroxyl groups is 1. The van der Waals surface area contributed by atoms with Crippen LogP contribution in [0.15, 0.2) is 60.2 Å². The van der Waals surface area contributed by atoms with Gasteiger partial charge >= 0.3 is 0 Å². The largest absolute Gasteiger partial charge is 0.507 e. The Balaban J connectivity index is 1.85. The molecule has 0 bridgehead atoms. The van der Waals surface area contributed by atoms with E-state index in [1.54, 1.807) is 17.0 Å². The first kappa shape index (κ1) is 18.5. The number of nitrogens with zero attached hydrogens (tertiary/aromatic N) is 1. The zero-order chi connectivity index (χ0) is 19.7. The summed E-state index contributed by atoms with van der Waals surface area (Å²) in [6.45, 7) is 1.99. The van der Waals surface area contributed by atoms with E-state index >= 15 is 0 Å². The maximum atomic E-state index is 13.0. The number of carbonyl (C=O) groups excluding carboxylic acids is 2. The van der Waals surface area contributed by atoms with Crippen LogP contribution in [-0.2, 0) is 9.59 Å². The van der Waals surface area contributed by atoms with E-state index in [4.69, 9.17) is 0 Å². The van der Waals surface area contributed by atoms with E-state index < -0.39 is 17.7 Å². The van der Waals surface area contributed by atoms with Gasteiger partial charge in [-0.15, -0.1) is 0 Å². The summed E-state index contributed by atoms with van der Waals surface area (Å²) in [4.78, 5) is 27.7. The van der Waals surface area contributed by atoms with Gasteiger partial charge in [-0.1, -0.05) is 67.3 Å². The van der Waals surface area contributed by atoms with Gasteiger partial charge in [-0.05, 0) is 37.8 Å². The molecule has 1 aliphatic heterocycles. The fraction of sp³-hybridized carbons (Fsp3) is 0.333. The van der Waals surface area contributed by atoms with Crippen molar-refractivity contribution >= 4 is 23.1 Å². The van der Waals surface area contributed by atoms with Crippen molar-refractivity contribution < 1.29 is 14.7 Å². The van der Waals surface area contributed by atoms with Gasteiger partial charge in [-0.3, -0.25) is 14.5 Å². The maximum absolute atomic E-state index is 13.0. The monoisotopic (exact) mass is 375 g/mol. The second kappa shape index (κ2) is 7.63. The molecule has 4 rings (SSSR count). The highest BCUT2D eigenvalue weighted by Gasteiger charge is 2.49. The van der Waals surface area contributed by atoms with Crippen molar-refractivity contribution in [1.29, 1.82) is 0 Å². The van der Waals surface area contributed by atoms with Crippen LogP contribution >= 0.6 is 0 Å². The third kappa shape index (κ3) is 3.24. The smallest absolute Gasteiger partial charge is 0.299 e. The van der Waals surface area contributed by atoms with Crippen molar-refractivity contribution in [3.05, 3.63) is 71.3 Å². The van der Waals surface area contributed by atoms with E-state index in [-0.39, 0.29) is 17.3 Å². The van der Waals surface area contributed by atoms with Gasteiger partial charge in [0.05, 0.1) is 11.6 Å². The van der Waals surface area contributed by atoms with Crippen LogP contribution in [0.2, 0.25) is 0 Å². The van der Waals surface area contributed by atoms with Gasteiger partial charge in [-0.25, -0.2) is 0 Å². The lowest BCUT2D eigenvalue weighted by Crippen LogP contribution is -2.40. The number of hydrogen-bond acceptors (Lipinski definition) is 3. The predicted octanol–water partition coefficient (Wildman–Crippen LogP) is 4.83. The highest BCUT2D eigenvalue weighted by molar-refractivity contribution is 6.51. The molecule has 1 amide bonds. The summed E-state index contributed by atoms with van der Waals surface area (Å²) in [5.74, 6) is -1.02. The molecule has 1 aliphatic carbocycles. The number of carbonyl (C=O) groups is 2. The SMILES string of the molecule is Cc1ccc(N2C(=O)C(=O)/C(=C(\O)c3ccccc3)C2C2CCCCC2)cc1. The minimum atomic E-state index is -0.586. The van der Waals surface area contributed by atoms with Crippen LogP contribution in [0.1, 0.15) is 43.2 Å². The second-order valence-electron chi connectivity index (χ2n) is 7.81. The normalized spacial score (nSPS) is 22.6. The second-order valence-corrected chi connectivity index (χ2v) is 7.81. The molecule has 2 aromatic carbocycles. The van der Waals surface area contributed by atoms with Crippen LogP contribution in [0.3, 0.4) is 0 Å². The minimum absolute atomic E-state index is 0.0656. The third-order valence-corrected chi connectivity index (χ3v) is 5.94. The first-order valence-corrected chi connectivity index (χ1v) is 10.0. The van der Waals surface area contributed by atoms with Crippen molar-refractivity contribution in [2.45, 2.75) is 45.1 Å². The number of Topliss-reactive ketones (excluding diaryl/α,β-unsaturated/α-hetero) is 1. The number of anilines is 1. The average Bonchev–Trinajstić information content (AvgIpc) is 3.00. The fourth-order valence-corrected chi connectivity index (χ4v) is 4.49. The van der Waals surface area contributed by atoms with E-state index in [9.17, 15) is 14.7 Å². The Hall–Kier alpha value is -2.88. The zero-order valence-corrected chi connectivity index (χ0v) is 16.1. The molecule has 2 aromatic rings. The Morgan fingerprint density at radius 1 is 0.929 bits per heavy atom. The van der Waals surface area contributed by atoms with Gasteiger partial charge < -0.3 is 5.11 Å². The Labute approximate surface area is 165 Å². The molecule has 4 heteroatoms. The lowest BCUT2D eigenvalue weighted by atomic mass is 9.80. The first-order valence-electron chi connectivity index (χ1n) is 10.0. The van der Waals surface area contributed by atoms with Gasteiger partial charge in [0.25, 0.3) is 11.7 Å². The Morgan fingerprint density at radius 3 is 2.21 bits per heavy atom. The Bertz CT molecular complexity index is 909. The van der Waals surface area contributed by atoms with Gasteiger partial charge in [-0.2, -0.15) is 0 Å². The third-order valence-electron chi connectivity index (χ3n) is 5.94. The summed E-state index contributed by atoms with van der Waals surface area (Å²) in [5, 5.41) is 11.0. The molecule has 1 saturated carbocycles. The molecular formula is C24H25NO3. The molecule has 1 unspecified atom stereocenters. The molecule has 0 radical (unpaired) electrons. The predicted molar refractivity (Wildman–Crippen MR) is 110 cm³/mol. The fourth-order valence-electron chi connectivity index (χ4n) is 4.49. The van der Waals surface area contributed by atoms with Crippen LogP contribution in [0.25, 0.3) is 5.76 Å². The minimum Gasteiger partial charge on any atom is -0.507 e. The standard InChI is InChI=1S/C24H25NO3/c1-16-12-14-19(15-13-16)25-21(17-8-4-2-5-9-17)20(23(27)24(25)28)22(26)18-10-6-3-7-11-18/h3,6-7,10-15,17,21,26H,2,4-5,8-9H2,1H3/b22-20-. The van der Waals surface area contributed by atoms with Crippen LogP contribution in [-0.4, -0.2) is 22.8 Å². The summed E-state index contributed by atoms with van der Waals surface area (Å²) < 4.78 is 0. The van der Waals surface area contributed by atoms with Crippen molar-refractivity contribution in [2.75, 3.05) is 4.90 Å². The number of benzene rings is 2. The van der Waals surface area contributed by atoms with Crippen LogP contribution in [0.4, 0.5) is 5.69 Å². The molecule has 28 heavy (non-hydrogen) atoms. The molecule has 1 atom stereocenters. The summed E-state index contributed by atoms with van der Waals surface area (Å²) >= 11 is 0. The lowest BCUT2D eigenvalue weighted by Gasteiger charge is -2.34. The Morgan fingerprint density at radius 2 is 1.57 bits per heavy atom. The first-order chi connectivity index (χ1) is 13.6. The molecule has 144 valence electrons. The molecule has 0 spiro atoms. The topological polar surface area (TPSA) is 57.6 Å². The summed E-state index contributed by atoms with van der Waals surface area (Å²) in [6, 6.07) is 16.3. The van der Waals surface area contributed by atoms with E-state index in [2.05, 4.69) is 0 Å². The summed E-state index contributed by atoms with van der Waals surface area (Å²) in [5.41, 5.74) is 2.64. The number of hydrogen-bond donors (Lipinski definition) is 1. The number of amides is 1. The van der Waals surface area contributed by atoms with Crippen molar-refractivity contribution in [1.82, 2.24) is 0 Å². The number of rotatable bonds is 3. The summed E-state index contributed by atoms with van der Waals surface area (Å²) in [6.07, 6.45) is 5.27. The molecule has 1 heterocycles. The van der Waals surface area contributed by atoms with Crippen molar-refractivity contribution in [3.8, 4) is 0 Å². The Kier molecular flexibility index (Phi) is 5.03. The molecule has 0 aromatic heterocycles. The quantitative estimate of drug-likeness (QED) is 0.475. The van der Waals surface area contributed by atoms with Crippen LogP contribution in [0, 0.1) is 12.8 Å². The highest BCUT2D eigenvalue weighted by atomic mass is 16.3. The molecule has 1 N–H and O–H groups in total. The van der Waals surface area contributed by atoms with E-state index in [0.29, 0.717) is 5.56 Å². The average molecular weight is 375 g/mol. The molecular weight excluding hydrogens is 350 g/mol. The summed E-state index contributed by atoms with van der Waals surface area (Å²) in [7, 11) is 0. The van der Waals surface area contributed by atoms with Crippen LogP contribution in [0.5, 0.6) is 0 Å². The van der Waals surface area contributed by atoms with E-state index in [1.165, 1.54) is 6.42 Å². The van der Waals surface area contributed by atoms with Crippen LogP contribution < -0.4 is 4.90 Å². The molecule has 4 nitrogen and oxygen atoms in total. The van der Waals surface area contributed by atoms with Gasteiger partial charge in [0.2, 0.25) is 0 Å². The number of ketones is 1. The van der Waals surface area contributed by atoms with Crippen molar-refractivity contribution in [2.24, 2.45) is 5.92 Å². The number of aryl methyl sites for hydroxylation is 1. The molecule has 2 fully saturated rings. The van der Waals surface area contributed by atoms with Gasteiger partial charge in [0.1, 0.15) is 5.76 Å². The van der Waals surface area contributed by atoms with E-state index in [1.807, 2.05) is 49.4 Å². The zero-order valence-electron chi connectivity index (χ0n) is 16.1. The number of aliphatic hydroxyl groups excluding tert-OH is 1. The maximum Gasteiger partial charge on any atom is 0.299 e. The lowest BCUT2D eigenvalue weighted by molar-refractivity contribution is -0.132. The molecule has 2 aliphatic rings. The van der Waals surface area contributed by atoms with Gasteiger partial charge in [0, 0.05) is 11.3 Å². The highest BCUT2D eigenvalue weighted by Crippen LogP contribution is 2.41. The van der Waals surface area contributed by atoms with E-state index in [0.717, 1.165) is 36.9 Å². The van der Waals surface area contributed by atoms with Gasteiger partial charge in [0.15, 0.2) is 0 Å². The van der Waals surface area contributed by atoms with Crippen molar-refractivity contribution in [3.63, 3.8) is 0 Å².